The molecule has 1 aromatic carbocycles. The Morgan fingerprint density at radius 1 is 1.42 bits per heavy atom. The highest BCUT2D eigenvalue weighted by Crippen LogP contribution is 2.19. The van der Waals surface area contributed by atoms with Gasteiger partial charge in [0.15, 0.2) is 0 Å². The average molecular weight is 354 g/mol. The molecule has 0 radical (unpaired) electrons. The first-order chi connectivity index (χ1) is 11.0. The lowest BCUT2D eigenvalue weighted by molar-refractivity contribution is 0.0779. The summed E-state index contributed by atoms with van der Waals surface area (Å²) < 4.78 is 15.0. The SMILES string of the molecule is CC(C)c1nc(C(=O)N2CC[C@@H](N)C2)nn1-c1cccc(F)c1.Cl. The van der Waals surface area contributed by atoms with Crippen LogP contribution >= 0.6 is 12.4 Å². The van der Waals surface area contributed by atoms with Crippen molar-refractivity contribution in [3.63, 3.8) is 0 Å². The molecule has 1 aromatic heterocycles. The van der Waals surface area contributed by atoms with Gasteiger partial charge in [-0.25, -0.2) is 14.1 Å². The van der Waals surface area contributed by atoms with E-state index in [2.05, 4.69) is 10.1 Å². The molecule has 3 rings (SSSR count). The first-order valence-corrected chi connectivity index (χ1v) is 7.73. The third kappa shape index (κ3) is 3.57. The van der Waals surface area contributed by atoms with Gasteiger partial charge in [0.25, 0.3) is 5.91 Å². The Morgan fingerprint density at radius 3 is 2.75 bits per heavy atom. The molecular weight excluding hydrogens is 333 g/mol. The van der Waals surface area contributed by atoms with Crippen LogP contribution in [0.15, 0.2) is 24.3 Å². The molecule has 2 N–H and O–H groups in total. The highest BCUT2D eigenvalue weighted by molar-refractivity contribution is 5.90. The van der Waals surface area contributed by atoms with Gasteiger partial charge in [0.1, 0.15) is 11.6 Å². The number of aromatic nitrogens is 3. The summed E-state index contributed by atoms with van der Waals surface area (Å²) in [7, 11) is 0. The highest BCUT2D eigenvalue weighted by Gasteiger charge is 2.28. The molecule has 0 spiro atoms. The van der Waals surface area contributed by atoms with Crippen LogP contribution in [0.25, 0.3) is 5.69 Å². The molecule has 24 heavy (non-hydrogen) atoms. The number of likely N-dealkylation sites (tertiary alicyclic amines) is 1. The fraction of sp³-hybridized carbons (Fsp3) is 0.438. The highest BCUT2D eigenvalue weighted by atomic mass is 35.5. The molecule has 8 heteroatoms. The maximum absolute atomic E-state index is 13.5. The molecule has 1 atom stereocenters. The Balaban J connectivity index is 0.00000208. The number of hydrogen-bond acceptors (Lipinski definition) is 4. The van der Waals surface area contributed by atoms with E-state index in [0.29, 0.717) is 24.6 Å². The molecule has 0 aliphatic carbocycles. The van der Waals surface area contributed by atoms with E-state index in [1.54, 1.807) is 17.0 Å². The quantitative estimate of drug-likeness (QED) is 0.917. The van der Waals surface area contributed by atoms with Crippen molar-refractivity contribution in [3.05, 3.63) is 41.7 Å². The molecule has 130 valence electrons. The van der Waals surface area contributed by atoms with Gasteiger partial charge in [-0.05, 0) is 24.6 Å². The Labute approximate surface area is 146 Å². The van der Waals surface area contributed by atoms with Gasteiger partial charge in [-0.15, -0.1) is 17.5 Å². The predicted octanol–water partition coefficient (Wildman–Crippen LogP) is 2.12. The second-order valence-corrected chi connectivity index (χ2v) is 6.14. The lowest BCUT2D eigenvalue weighted by atomic mass is 10.2. The minimum atomic E-state index is -0.355. The molecule has 2 aromatic rings. The Morgan fingerprint density at radius 2 is 2.17 bits per heavy atom. The van der Waals surface area contributed by atoms with E-state index >= 15 is 0 Å². The summed E-state index contributed by atoms with van der Waals surface area (Å²) in [6.07, 6.45) is 0.785. The van der Waals surface area contributed by atoms with Gasteiger partial charge in [0.2, 0.25) is 5.82 Å². The Hall–Kier alpha value is -1.99. The smallest absolute Gasteiger partial charge is 0.293 e. The fourth-order valence-corrected chi connectivity index (χ4v) is 2.70. The number of halogens is 2. The zero-order chi connectivity index (χ0) is 16.6. The zero-order valence-corrected chi connectivity index (χ0v) is 14.5. The standard InChI is InChI=1S/C16H20FN5O.ClH/c1-10(2)15-19-14(16(23)21-7-6-12(18)9-21)20-22(15)13-5-3-4-11(17)8-13;/h3-5,8,10,12H,6-7,9,18H2,1-2H3;1H/t12-;/m1./s1. The Bertz CT molecular complexity index is 733. The van der Waals surface area contributed by atoms with E-state index in [-0.39, 0.29) is 41.9 Å². The number of carbonyl (C=O) groups is 1. The van der Waals surface area contributed by atoms with Crippen molar-refractivity contribution >= 4 is 18.3 Å². The van der Waals surface area contributed by atoms with Gasteiger partial charge in [0.05, 0.1) is 5.69 Å². The van der Waals surface area contributed by atoms with Gasteiger partial charge in [-0.2, -0.15) is 0 Å². The van der Waals surface area contributed by atoms with Gasteiger partial charge in [0, 0.05) is 25.0 Å². The number of nitrogens with two attached hydrogens (primary N) is 1. The number of carbonyl (C=O) groups excluding carboxylic acids is 1. The number of nitrogens with zero attached hydrogens (tertiary/aromatic N) is 4. The van der Waals surface area contributed by atoms with Crippen LogP contribution < -0.4 is 5.73 Å². The van der Waals surface area contributed by atoms with Crippen molar-refractivity contribution < 1.29 is 9.18 Å². The van der Waals surface area contributed by atoms with Gasteiger partial charge < -0.3 is 10.6 Å². The summed E-state index contributed by atoms with van der Waals surface area (Å²) >= 11 is 0. The number of rotatable bonds is 3. The first kappa shape index (κ1) is 18.4. The predicted molar refractivity (Wildman–Crippen MR) is 91.1 cm³/mol. The number of hydrogen-bond donors (Lipinski definition) is 1. The molecule has 1 saturated heterocycles. The van der Waals surface area contributed by atoms with Gasteiger partial charge in [-0.1, -0.05) is 19.9 Å². The Kier molecular flexibility index (Phi) is 5.56. The van der Waals surface area contributed by atoms with Crippen LogP contribution in [0, 0.1) is 5.82 Å². The third-order valence-electron chi connectivity index (χ3n) is 3.90. The van der Waals surface area contributed by atoms with E-state index in [4.69, 9.17) is 5.73 Å². The molecular formula is C16H21ClFN5O. The van der Waals surface area contributed by atoms with Gasteiger partial charge >= 0.3 is 0 Å². The molecule has 6 nitrogen and oxygen atoms in total. The van der Waals surface area contributed by atoms with E-state index in [1.807, 2.05) is 13.8 Å². The second-order valence-electron chi connectivity index (χ2n) is 6.14. The molecule has 1 amide bonds. The van der Waals surface area contributed by atoms with Crippen LogP contribution in [0.4, 0.5) is 4.39 Å². The average Bonchev–Trinajstić information content (AvgIpc) is 3.13. The van der Waals surface area contributed by atoms with Crippen molar-refractivity contribution in [1.82, 2.24) is 19.7 Å². The van der Waals surface area contributed by atoms with Gasteiger partial charge in [-0.3, -0.25) is 4.79 Å². The maximum atomic E-state index is 13.5. The zero-order valence-electron chi connectivity index (χ0n) is 13.6. The summed E-state index contributed by atoms with van der Waals surface area (Å²) in [4.78, 5) is 18.6. The van der Waals surface area contributed by atoms with E-state index in [0.717, 1.165) is 6.42 Å². The van der Waals surface area contributed by atoms with Crippen molar-refractivity contribution in [2.45, 2.75) is 32.2 Å². The van der Waals surface area contributed by atoms with Crippen molar-refractivity contribution in [2.75, 3.05) is 13.1 Å². The fourth-order valence-electron chi connectivity index (χ4n) is 2.70. The summed E-state index contributed by atoms with van der Waals surface area (Å²) in [5.74, 6) is 0.226. The largest absolute Gasteiger partial charge is 0.334 e. The molecule has 0 saturated carbocycles. The van der Waals surface area contributed by atoms with E-state index in [1.165, 1.54) is 16.8 Å². The molecule has 1 fully saturated rings. The minimum absolute atomic E-state index is 0. The molecule has 0 unspecified atom stereocenters. The minimum Gasteiger partial charge on any atom is -0.334 e. The lowest BCUT2D eigenvalue weighted by Gasteiger charge is -2.12. The van der Waals surface area contributed by atoms with E-state index in [9.17, 15) is 9.18 Å². The van der Waals surface area contributed by atoms with Crippen molar-refractivity contribution in [1.29, 1.82) is 0 Å². The van der Waals surface area contributed by atoms with E-state index < -0.39 is 0 Å². The molecule has 0 bridgehead atoms. The monoisotopic (exact) mass is 353 g/mol. The molecule has 1 aliphatic rings. The normalized spacial score (nSPS) is 17.2. The maximum Gasteiger partial charge on any atom is 0.293 e. The topological polar surface area (TPSA) is 77.0 Å². The van der Waals surface area contributed by atoms with Crippen LogP contribution in [-0.2, 0) is 0 Å². The van der Waals surface area contributed by atoms with Crippen LogP contribution in [-0.4, -0.2) is 44.7 Å². The molecule has 1 aliphatic heterocycles. The molecule has 2 heterocycles. The summed E-state index contributed by atoms with van der Waals surface area (Å²) in [5, 5.41) is 4.32. The first-order valence-electron chi connectivity index (χ1n) is 7.73. The van der Waals surface area contributed by atoms with Crippen LogP contribution in [0.2, 0.25) is 0 Å². The third-order valence-corrected chi connectivity index (χ3v) is 3.90. The lowest BCUT2D eigenvalue weighted by Crippen LogP contribution is -2.32. The van der Waals surface area contributed by atoms with Crippen LogP contribution in [0.3, 0.4) is 0 Å². The number of amides is 1. The van der Waals surface area contributed by atoms with Crippen LogP contribution in [0.1, 0.15) is 42.6 Å². The van der Waals surface area contributed by atoms with Crippen molar-refractivity contribution in [3.8, 4) is 5.69 Å². The summed E-state index contributed by atoms with van der Waals surface area (Å²) in [5.41, 5.74) is 6.40. The number of benzene rings is 1. The van der Waals surface area contributed by atoms with Crippen molar-refractivity contribution in [2.24, 2.45) is 5.73 Å². The van der Waals surface area contributed by atoms with Crippen LogP contribution in [0.5, 0.6) is 0 Å². The summed E-state index contributed by atoms with van der Waals surface area (Å²) in [6.45, 7) is 5.05. The summed E-state index contributed by atoms with van der Waals surface area (Å²) in [6, 6.07) is 6.10. The second kappa shape index (κ2) is 7.27.